The van der Waals surface area contributed by atoms with E-state index in [1.807, 2.05) is 49.4 Å². The van der Waals surface area contributed by atoms with Gasteiger partial charge in [0.05, 0.1) is 6.20 Å². The lowest BCUT2D eigenvalue weighted by atomic mass is 10.1. The molecule has 1 amide bonds. The van der Waals surface area contributed by atoms with Gasteiger partial charge in [-0.1, -0.05) is 35.9 Å². The third-order valence-electron chi connectivity index (χ3n) is 4.55. The van der Waals surface area contributed by atoms with E-state index in [4.69, 9.17) is 13.9 Å². The van der Waals surface area contributed by atoms with Crippen LogP contribution in [0.2, 0.25) is 0 Å². The second kappa shape index (κ2) is 8.17. The molecule has 1 aliphatic rings. The average molecular weight is 378 g/mol. The van der Waals surface area contributed by atoms with Crippen LogP contribution >= 0.6 is 0 Å². The number of aromatic nitrogens is 1. The van der Waals surface area contributed by atoms with Crippen LogP contribution in [0.15, 0.2) is 53.1 Å². The normalized spacial score (nSPS) is 12.6. The maximum Gasteiger partial charge on any atom is 0.220 e. The summed E-state index contributed by atoms with van der Waals surface area (Å²) in [6, 6.07) is 13.8. The maximum atomic E-state index is 12.2. The summed E-state index contributed by atoms with van der Waals surface area (Å²) in [6.45, 7) is 3.59. The van der Waals surface area contributed by atoms with Crippen LogP contribution in [-0.4, -0.2) is 24.1 Å². The SMILES string of the molecule is Cc1ccc(-c2cnc(CCC(=O)NCc3ccc4c(c3)OCCO4)o2)cc1. The fourth-order valence-electron chi connectivity index (χ4n) is 2.98. The Morgan fingerprint density at radius 3 is 2.68 bits per heavy atom. The van der Waals surface area contributed by atoms with Crippen molar-refractivity contribution in [1.82, 2.24) is 10.3 Å². The van der Waals surface area contributed by atoms with Crippen LogP contribution in [0.1, 0.15) is 23.4 Å². The van der Waals surface area contributed by atoms with Crippen molar-refractivity contribution in [3.63, 3.8) is 0 Å². The molecule has 0 fully saturated rings. The van der Waals surface area contributed by atoms with Gasteiger partial charge in [0.1, 0.15) is 13.2 Å². The Bertz CT molecular complexity index is 963. The molecule has 6 heteroatoms. The van der Waals surface area contributed by atoms with Crippen LogP contribution in [0.5, 0.6) is 11.5 Å². The van der Waals surface area contributed by atoms with Crippen molar-refractivity contribution in [3.05, 3.63) is 65.7 Å². The van der Waals surface area contributed by atoms with Crippen molar-refractivity contribution >= 4 is 5.91 Å². The number of carbonyl (C=O) groups is 1. The fourth-order valence-corrected chi connectivity index (χ4v) is 2.98. The predicted octanol–water partition coefficient (Wildman–Crippen LogP) is 3.67. The molecule has 0 saturated heterocycles. The van der Waals surface area contributed by atoms with E-state index in [-0.39, 0.29) is 5.91 Å². The molecule has 2 heterocycles. The van der Waals surface area contributed by atoms with Crippen molar-refractivity contribution in [2.45, 2.75) is 26.3 Å². The van der Waals surface area contributed by atoms with Crippen LogP contribution < -0.4 is 14.8 Å². The molecule has 6 nitrogen and oxygen atoms in total. The number of carbonyl (C=O) groups excluding carboxylic acids is 1. The highest BCUT2D eigenvalue weighted by Gasteiger charge is 2.13. The molecule has 0 aliphatic carbocycles. The Kier molecular flexibility index (Phi) is 5.28. The molecule has 4 rings (SSSR count). The van der Waals surface area contributed by atoms with Crippen molar-refractivity contribution in [3.8, 4) is 22.8 Å². The second-order valence-corrected chi connectivity index (χ2v) is 6.74. The molecular weight excluding hydrogens is 356 g/mol. The topological polar surface area (TPSA) is 73.6 Å². The van der Waals surface area contributed by atoms with Crippen LogP contribution in [-0.2, 0) is 17.8 Å². The molecule has 0 spiro atoms. The summed E-state index contributed by atoms with van der Waals surface area (Å²) in [5, 5.41) is 2.92. The number of ether oxygens (including phenoxy) is 2. The van der Waals surface area contributed by atoms with Gasteiger partial charge in [-0.05, 0) is 24.6 Å². The number of nitrogens with one attached hydrogen (secondary N) is 1. The molecule has 1 aliphatic heterocycles. The van der Waals surface area contributed by atoms with Gasteiger partial charge in [-0.2, -0.15) is 0 Å². The summed E-state index contributed by atoms with van der Waals surface area (Å²) in [6.07, 6.45) is 2.48. The minimum Gasteiger partial charge on any atom is -0.486 e. The van der Waals surface area contributed by atoms with E-state index in [1.54, 1.807) is 6.20 Å². The Hall–Kier alpha value is -3.28. The first-order valence-electron chi connectivity index (χ1n) is 9.34. The highest BCUT2D eigenvalue weighted by molar-refractivity contribution is 5.76. The molecular formula is C22H22N2O4. The molecule has 0 bridgehead atoms. The molecule has 144 valence electrons. The van der Waals surface area contributed by atoms with Crippen LogP contribution in [0.3, 0.4) is 0 Å². The average Bonchev–Trinajstić information content (AvgIpc) is 3.20. The van der Waals surface area contributed by atoms with Gasteiger partial charge >= 0.3 is 0 Å². The van der Waals surface area contributed by atoms with Gasteiger partial charge in [-0.3, -0.25) is 4.79 Å². The van der Waals surface area contributed by atoms with Crippen molar-refractivity contribution in [1.29, 1.82) is 0 Å². The van der Waals surface area contributed by atoms with Crippen molar-refractivity contribution in [2.75, 3.05) is 13.2 Å². The number of nitrogens with zero attached hydrogens (tertiary/aromatic N) is 1. The number of oxazole rings is 1. The Balaban J connectivity index is 1.27. The highest BCUT2D eigenvalue weighted by Crippen LogP contribution is 2.30. The summed E-state index contributed by atoms with van der Waals surface area (Å²) in [5.74, 6) is 2.69. The van der Waals surface area contributed by atoms with Gasteiger partial charge < -0.3 is 19.2 Å². The van der Waals surface area contributed by atoms with Gasteiger partial charge in [0.25, 0.3) is 0 Å². The molecule has 0 radical (unpaired) electrons. The van der Waals surface area contributed by atoms with Gasteiger partial charge in [0.15, 0.2) is 23.1 Å². The molecule has 0 unspecified atom stereocenters. The largest absolute Gasteiger partial charge is 0.486 e. The van der Waals surface area contributed by atoms with Crippen LogP contribution in [0.25, 0.3) is 11.3 Å². The second-order valence-electron chi connectivity index (χ2n) is 6.74. The summed E-state index contributed by atoms with van der Waals surface area (Å²) in [4.78, 5) is 16.4. The monoisotopic (exact) mass is 378 g/mol. The van der Waals surface area contributed by atoms with E-state index in [1.165, 1.54) is 5.56 Å². The van der Waals surface area contributed by atoms with Gasteiger partial charge in [0, 0.05) is 24.9 Å². The summed E-state index contributed by atoms with van der Waals surface area (Å²) < 4.78 is 16.8. The van der Waals surface area contributed by atoms with E-state index in [2.05, 4.69) is 10.3 Å². The van der Waals surface area contributed by atoms with E-state index in [9.17, 15) is 4.79 Å². The number of benzene rings is 2. The molecule has 2 aromatic carbocycles. The minimum absolute atomic E-state index is 0.0509. The van der Waals surface area contributed by atoms with E-state index in [0.29, 0.717) is 44.3 Å². The standard InChI is InChI=1S/C22H22N2O4/c1-15-2-5-17(6-3-15)20-14-24-22(28-20)9-8-21(25)23-13-16-4-7-18-19(12-16)27-11-10-26-18/h2-7,12,14H,8-11,13H2,1H3,(H,23,25). The lowest BCUT2D eigenvalue weighted by Gasteiger charge is -2.18. The fraction of sp³-hybridized carbons (Fsp3) is 0.273. The van der Waals surface area contributed by atoms with Crippen molar-refractivity contribution in [2.24, 2.45) is 0 Å². The number of aryl methyl sites for hydroxylation is 2. The number of amides is 1. The smallest absolute Gasteiger partial charge is 0.220 e. The Morgan fingerprint density at radius 2 is 1.86 bits per heavy atom. The molecule has 1 aromatic heterocycles. The minimum atomic E-state index is -0.0509. The zero-order valence-electron chi connectivity index (χ0n) is 15.7. The Morgan fingerprint density at radius 1 is 1.07 bits per heavy atom. The first-order chi connectivity index (χ1) is 13.7. The van der Waals surface area contributed by atoms with Gasteiger partial charge in [0.2, 0.25) is 5.91 Å². The molecule has 3 aromatic rings. The molecule has 1 N–H and O–H groups in total. The molecule has 0 atom stereocenters. The third-order valence-corrected chi connectivity index (χ3v) is 4.55. The molecule has 0 saturated carbocycles. The highest BCUT2D eigenvalue weighted by atomic mass is 16.6. The third kappa shape index (κ3) is 4.34. The van der Waals surface area contributed by atoms with Crippen LogP contribution in [0.4, 0.5) is 0 Å². The number of rotatable bonds is 6. The zero-order chi connectivity index (χ0) is 19.3. The quantitative estimate of drug-likeness (QED) is 0.708. The number of fused-ring (bicyclic) bond motifs is 1. The summed E-state index contributed by atoms with van der Waals surface area (Å²) >= 11 is 0. The first kappa shape index (κ1) is 18.1. The van der Waals surface area contributed by atoms with E-state index < -0.39 is 0 Å². The van der Waals surface area contributed by atoms with Crippen molar-refractivity contribution < 1.29 is 18.7 Å². The molecule has 28 heavy (non-hydrogen) atoms. The van der Waals surface area contributed by atoms with E-state index in [0.717, 1.165) is 22.6 Å². The lowest BCUT2D eigenvalue weighted by molar-refractivity contribution is -0.121. The summed E-state index contributed by atoms with van der Waals surface area (Å²) in [5.41, 5.74) is 3.14. The maximum absolute atomic E-state index is 12.2. The number of hydrogen-bond acceptors (Lipinski definition) is 5. The van der Waals surface area contributed by atoms with E-state index >= 15 is 0 Å². The van der Waals surface area contributed by atoms with Crippen LogP contribution in [0, 0.1) is 6.92 Å². The number of hydrogen-bond donors (Lipinski definition) is 1. The van der Waals surface area contributed by atoms with Gasteiger partial charge in [-0.15, -0.1) is 0 Å². The van der Waals surface area contributed by atoms with Gasteiger partial charge in [-0.25, -0.2) is 4.98 Å². The predicted molar refractivity (Wildman–Crippen MR) is 104 cm³/mol. The zero-order valence-corrected chi connectivity index (χ0v) is 15.7. The Labute approximate surface area is 163 Å². The lowest BCUT2D eigenvalue weighted by Crippen LogP contribution is -2.23. The summed E-state index contributed by atoms with van der Waals surface area (Å²) in [7, 11) is 0. The first-order valence-corrected chi connectivity index (χ1v) is 9.34.